The Morgan fingerprint density at radius 1 is 1.18 bits per heavy atom. The van der Waals surface area contributed by atoms with Crippen molar-refractivity contribution < 1.29 is 27.4 Å². The number of aliphatic imine (C=N–C) groups is 1. The number of ether oxygens (including phenoxy) is 2. The third-order valence-corrected chi connectivity index (χ3v) is 6.11. The summed E-state index contributed by atoms with van der Waals surface area (Å²) in [5, 5.41) is 0. The van der Waals surface area contributed by atoms with E-state index in [0.717, 1.165) is 11.3 Å². The Labute approximate surface area is 194 Å². The Kier molecular flexibility index (Phi) is 5.80. The average Bonchev–Trinajstić information content (AvgIpc) is 3.25. The van der Waals surface area contributed by atoms with E-state index >= 15 is 0 Å². The van der Waals surface area contributed by atoms with E-state index in [9.17, 15) is 18.0 Å². The molecule has 180 valence electrons. The number of fused-ring (bicyclic) bond motifs is 3. The van der Waals surface area contributed by atoms with Crippen molar-refractivity contribution in [1.82, 2.24) is 9.88 Å². The molecule has 0 N–H and O–H groups in total. The summed E-state index contributed by atoms with van der Waals surface area (Å²) in [5.41, 5.74) is 2.62. The molecule has 1 unspecified atom stereocenters. The normalized spacial score (nSPS) is 20.2. The number of alkyl halides is 3. The highest BCUT2D eigenvalue weighted by molar-refractivity contribution is 6.19. The van der Waals surface area contributed by atoms with Gasteiger partial charge in [-0.25, -0.2) is 9.78 Å². The second-order valence-corrected chi connectivity index (χ2v) is 8.41. The van der Waals surface area contributed by atoms with E-state index in [2.05, 4.69) is 14.9 Å². The number of hydrogen-bond acceptors (Lipinski definition) is 6. The van der Waals surface area contributed by atoms with Crippen LogP contribution in [-0.4, -0.2) is 73.9 Å². The van der Waals surface area contributed by atoms with Crippen molar-refractivity contribution in [2.45, 2.75) is 25.2 Å². The highest BCUT2D eigenvalue weighted by atomic mass is 19.4. The summed E-state index contributed by atoms with van der Waals surface area (Å²) in [6.45, 7) is 2.66. The zero-order valence-electron chi connectivity index (χ0n) is 18.6. The van der Waals surface area contributed by atoms with Gasteiger partial charge in [-0.2, -0.15) is 13.2 Å². The maximum absolute atomic E-state index is 13.5. The van der Waals surface area contributed by atoms with Gasteiger partial charge in [-0.1, -0.05) is 12.1 Å². The second-order valence-electron chi connectivity index (χ2n) is 8.41. The number of carbonyl (C=O) groups excluding carboxylic acids is 1. The standard InChI is InChI=1S/C23H24F3N5O3/c1-33-18-4-2-15(3-5-18)13-30-19-10-17(29-6-8-34-9-7-29)12-27-20(19)21-28-16(11-23(24,25)26)14-31(21)22(30)32/h2-5,10,12,16H,6-9,11,13-14H2,1H3. The Balaban J connectivity index is 1.52. The van der Waals surface area contributed by atoms with E-state index in [4.69, 9.17) is 9.47 Å². The first-order valence-electron chi connectivity index (χ1n) is 11.0. The Hall–Kier alpha value is -3.34. The lowest BCUT2D eigenvalue weighted by Gasteiger charge is -2.36. The smallest absolute Gasteiger partial charge is 0.391 e. The van der Waals surface area contributed by atoms with Crippen LogP contribution in [0, 0.1) is 0 Å². The van der Waals surface area contributed by atoms with Crippen LogP contribution >= 0.6 is 0 Å². The third kappa shape index (κ3) is 4.39. The molecule has 2 aromatic rings. The number of amidine groups is 1. The van der Waals surface area contributed by atoms with E-state index in [1.165, 1.54) is 4.90 Å². The number of carbonyl (C=O) groups is 1. The zero-order chi connectivity index (χ0) is 23.9. The van der Waals surface area contributed by atoms with Gasteiger partial charge in [0.2, 0.25) is 0 Å². The topological polar surface area (TPSA) is 70.5 Å². The number of halogens is 3. The molecular formula is C23H24F3N5O3. The monoisotopic (exact) mass is 475 g/mol. The molecule has 1 aromatic carbocycles. The first-order valence-corrected chi connectivity index (χ1v) is 11.0. The first-order chi connectivity index (χ1) is 16.3. The fourth-order valence-electron chi connectivity index (χ4n) is 4.45. The van der Waals surface area contributed by atoms with Crippen molar-refractivity contribution in [2.24, 2.45) is 4.99 Å². The Morgan fingerprint density at radius 3 is 2.59 bits per heavy atom. The number of amides is 2. The van der Waals surface area contributed by atoms with Gasteiger partial charge < -0.3 is 14.4 Å². The van der Waals surface area contributed by atoms with Crippen LogP contribution in [0.15, 0.2) is 41.5 Å². The third-order valence-electron chi connectivity index (χ3n) is 6.11. The number of hydrogen-bond donors (Lipinski definition) is 0. The van der Waals surface area contributed by atoms with Gasteiger partial charge in [-0.15, -0.1) is 0 Å². The minimum Gasteiger partial charge on any atom is -0.497 e. The predicted molar refractivity (Wildman–Crippen MR) is 120 cm³/mol. The predicted octanol–water partition coefficient (Wildman–Crippen LogP) is 3.45. The first kappa shape index (κ1) is 22.5. The largest absolute Gasteiger partial charge is 0.497 e. The lowest BCUT2D eigenvalue weighted by molar-refractivity contribution is -0.137. The number of nitrogens with zero attached hydrogens (tertiary/aromatic N) is 5. The lowest BCUT2D eigenvalue weighted by Crippen LogP contribution is -2.50. The number of urea groups is 1. The maximum Gasteiger partial charge on any atom is 0.391 e. The van der Waals surface area contributed by atoms with Gasteiger partial charge in [0.05, 0.1) is 63.4 Å². The molecule has 0 bridgehead atoms. The highest BCUT2D eigenvalue weighted by Gasteiger charge is 2.44. The van der Waals surface area contributed by atoms with Crippen LogP contribution in [0.1, 0.15) is 17.7 Å². The molecule has 8 nitrogen and oxygen atoms in total. The number of morpholine rings is 1. The van der Waals surface area contributed by atoms with Gasteiger partial charge in [0, 0.05) is 13.1 Å². The van der Waals surface area contributed by atoms with Gasteiger partial charge in [0.1, 0.15) is 11.4 Å². The molecule has 4 heterocycles. The van der Waals surface area contributed by atoms with Crippen molar-refractivity contribution in [3.8, 4) is 5.75 Å². The summed E-state index contributed by atoms with van der Waals surface area (Å²) in [4.78, 5) is 27.3. The number of methoxy groups -OCH3 is 1. The van der Waals surface area contributed by atoms with Gasteiger partial charge in [0.25, 0.3) is 0 Å². The maximum atomic E-state index is 13.5. The van der Waals surface area contributed by atoms with Crippen LogP contribution in [0.4, 0.5) is 29.3 Å². The highest BCUT2D eigenvalue weighted by Crippen LogP contribution is 2.36. The summed E-state index contributed by atoms with van der Waals surface area (Å²) in [5.74, 6) is 0.892. The second kappa shape index (κ2) is 8.79. The van der Waals surface area contributed by atoms with E-state index in [1.807, 2.05) is 18.2 Å². The summed E-state index contributed by atoms with van der Waals surface area (Å²) in [6.07, 6.45) is -3.77. The molecule has 11 heteroatoms. The number of benzene rings is 1. The molecule has 1 aromatic heterocycles. The van der Waals surface area contributed by atoms with E-state index < -0.39 is 24.7 Å². The molecule has 1 saturated heterocycles. The quantitative estimate of drug-likeness (QED) is 0.663. The lowest BCUT2D eigenvalue weighted by atomic mass is 10.1. The molecule has 0 spiro atoms. The molecule has 1 atom stereocenters. The minimum atomic E-state index is -4.37. The Morgan fingerprint density at radius 2 is 1.91 bits per heavy atom. The van der Waals surface area contributed by atoms with Gasteiger partial charge in [-0.05, 0) is 23.8 Å². The summed E-state index contributed by atoms with van der Waals surface area (Å²) < 4.78 is 49.7. The summed E-state index contributed by atoms with van der Waals surface area (Å²) in [6, 6.07) is 7.72. The molecule has 3 aliphatic heterocycles. The molecule has 0 aliphatic carbocycles. The van der Waals surface area contributed by atoms with Crippen molar-refractivity contribution in [3.63, 3.8) is 0 Å². The van der Waals surface area contributed by atoms with Crippen LogP contribution in [0.2, 0.25) is 0 Å². The summed E-state index contributed by atoms with van der Waals surface area (Å²) >= 11 is 0. The SMILES string of the molecule is COc1ccc(CN2C(=O)N3CC(CC(F)(F)F)N=C3c3ncc(N4CCOCC4)cc32)cc1. The molecule has 0 saturated carbocycles. The minimum absolute atomic E-state index is 0.126. The number of aromatic nitrogens is 1. The van der Waals surface area contributed by atoms with Crippen molar-refractivity contribution >= 4 is 23.2 Å². The van der Waals surface area contributed by atoms with Crippen molar-refractivity contribution in [3.05, 3.63) is 47.8 Å². The average molecular weight is 475 g/mol. The van der Waals surface area contributed by atoms with Crippen LogP contribution in [0.25, 0.3) is 0 Å². The molecular weight excluding hydrogens is 451 g/mol. The van der Waals surface area contributed by atoms with E-state index in [0.29, 0.717) is 43.4 Å². The van der Waals surface area contributed by atoms with Crippen LogP contribution in [0.5, 0.6) is 5.75 Å². The van der Waals surface area contributed by atoms with Crippen molar-refractivity contribution in [1.29, 1.82) is 0 Å². The molecule has 2 amide bonds. The number of pyridine rings is 1. The Bertz CT molecular complexity index is 1100. The van der Waals surface area contributed by atoms with Crippen molar-refractivity contribution in [2.75, 3.05) is 49.8 Å². The number of anilines is 2. The molecule has 34 heavy (non-hydrogen) atoms. The van der Waals surface area contributed by atoms with E-state index in [-0.39, 0.29) is 18.9 Å². The van der Waals surface area contributed by atoms with Gasteiger partial charge in [0.15, 0.2) is 5.84 Å². The fraction of sp³-hybridized carbons (Fsp3) is 0.435. The van der Waals surface area contributed by atoms with Gasteiger partial charge in [-0.3, -0.25) is 14.8 Å². The molecule has 3 aliphatic rings. The van der Waals surface area contributed by atoms with Gasteiger partial charge >= 0.3 is 12.2 Å². The molecule has 5 rings (SSSR count). The molecule has 0 radical (unpaired) electrons. The summed E-state index contributed by atoms with van der Waals surface area (Å²) in [7, 11) is 1.57. The fourth-order valence-corrected chi connectivity index (χ4v) is 4.45. The van der Waals surface area contributed by atoms with Crippen LogP contribution in [-0.2, 0) is 11.3 Å². The molecule has 1 fully saturated rings. The number of rotatable bonds is 5. The van der Waals surface area contributed by atoms with Crippen LogP contribution < -0.4 is 14.5 Å². The van der Waals surface area contributed by atoms with E-state index in [1.54, 1.807) is 30.3 Å². The van der Waals surface area contributed by atoms with Crippen LogP contribution in [0.3, 0.4) is 0 Å². The zero-order valence-corrected chi connectivity index (χ0v) is 18.6.